The number of aromatic nitrogens is 2. The van der Waals surface area contributed by atoms with E-state index in [0.717, 1.165) is 12.1 Å². The van der Waals surface area contributed by atoms with E-state index in [-0.39, 0.29) is 11.1 Å². The second-order valence-electron chi connectivity index (χ2n) is 6.04. The number of anilines is 1. The van der Waals surface area contributed by atoms with Gasteiger partial charge in [-0.1, -0.05) is 27.7 Å². The number of benzene rings is 1. The summed E-state index contributed by atoms with van der Waals surface area (Å²) in [6.07, 6.45) is 0. The van der Waals surface area contributed by atoms with Gasteiger partial charge < -0.3 is 10.3 Å². The second kappa shape index (κ2) is 5.11. The molecule has 1 aromatic carbocycles. The van der Waals surface area contributed by atoms with E-state index in [2.05, 4.69) is 43.0 Å². The average Bonchev–Trinajstić information content (AvgIpc) is 2.77. The number of nitrogens with one attached hydrogen (secondary N) is 2. The van der Waals surface area contributed by atoms with E-state index < -0.39 is 4.92 Å². The van der Waals surface area contributed by atoms with Crippen molar-refractivity contribution in [3.05, 3.63) is 28.3 Å². The van der Waals surface area contributed by atoms with Crippen molar-refractivity contribution in [2.75, 3.05) is 11.9 Å². The average molecular weight is 276 g/mol. The van der Waals surface area contributed by atoms with Crippen LogP contribution in [-0.2, 0) is 0 Å². The van der Waals surface area contributed by atoms with Gasteiger partial charge in [0.05, 0.1) is 16.0 Å². The van der Waals surface area contributed by atoms with E-state index in [1.54, 1.807) is 6.07 Å². The molecule has 6 nitrogen and oxygen atoms in total. The molecule has 2 rings (SSSR count). The Balaban J connectivity index is 2.18. The molecule has 2 aromatic rings. The van der Waals surface area contributed by atoms with E-state index >= 15 is 0 Å². The molecule has 0 bridgehead atoms. The molecule has 1 aromatic heterocycles. The fourth-order valence-corrected chi connectivity index (χ4v) is 1.71. The van der Waals surface area contributed by atoms with Crippen molar-refractivity contribution in [1.82, 2.24) is 9.97 Å². The molecular weight excluding hydrogens is 256 g/mol. The largest absolute Gasteiger partial charge is 0.355 e. The monoisotopic (exact) mass is 276 g/mol. The van der Waals surface area contributed by atoms with Crippen molar-refractivity contribution in [2.24, 2.45) is 11.3 Å². The van der Waals surface area contributed by atoms with Gasteiger partial charge in [0.15, 0.2) is 0 Å². The zero-order chi connectivity index (χ0) is 14.9. The third-order valence-electron chi connectivity index (χ3n) is 3.95. The van der Waals surface area contributed by atoms with Crippen LogP contribution in [-0.4, -0.2) is 21.4 Å². The molecule has 0 aliphatic rings. The zero-order valence-corrected chi connectivity index (χ0v) is 12.2. The minimum absolute atomic E-state index is 0.0650. The summed E-state index contributed by atoms with van der Waals surface area (Å²) in [5.41, 5.74) is 1.60. The maximum atomic E-state index is 10.7. The highest BCUT2D eigenvalue weighted by Gasteiger charge is 2.22. The predicted molar refractivity (Wildman–Crippen MR) is 79.9 cm³/mol. The number of imidazole rings is 1. The second-order valence-corrected chi connectivity index (χ2v) is 6.04. The lowest BCUT2D eigenvalue weighted by atomic mass is 9.81. The smallest absolute Gasteiger partial charge is 0.271 e. The molecule has 0 aliphatic heterocycles. The highest BCUT2D eigenvalue weighted by Crippen LogP contribution is 2.26. The number of hydrogen-bond donors (Lipinski definition) is 2. The molecule has 0 atom stereocenters. The lowest BCUT2D eigenvalue weighted by Gasteiger charge is -2.29. The summed E-state index contributed by atoms with van der Waals surface area (Å²) >= 11 is 0. The standard InChI is InChI=1S/C14H20N4O2/c1-9(2)14(3,4)8-15-13-16-11-6-5-10(18(19)20)7-12(11)17-13/h5-7,9H,8H2,1-4H3,(H2,15,16,17). The first-order chi connectivity index (χ1) is 9.29. The minimum Gasteiger partial charge on any atom is -0.355 e. The molecule has 20 heavy (non-hydrogen) atoms. The summed E-state index contributed by atoms with van der Waals surface area (Å²) in [5.74, 6) is 1.19. The van der Waals surface area contributed by atoms with Crippen molar-refractivity contribution < 1.29 is 4.92 Å². The van der Waals surface area contributed by atoms with Crippen LogP contribution in [0.1, 0.15) is 27.7 Å². The van der Waals surface area contributed by atoms with Crippen LogP contribution in [0.3, 0.4) is 0 Å². The van der Waals surface area contributed by atoms with Gasteiger partial charge in [-0.3, -0.25) is 10.1 Å². The Kier molecular flexibility index (Phi) is 3.65. The van der Waals surface area contributed by atoms with E-state index in [1.165, 1.54) is 12.1 Å². The van der Waals surface area contributed by atoms with Crippen LogP contribution < -0.4 is 5.32 Å². The first-order valence-corrected chi connectivity index (χ1v) is 6.67. The molecule has 0 unspecified atom stereocenters. The maximum Gasteiger partial charge on any atom is 0.271 e. The third kappa shape index (κ3) is 2.89. The molecule has 0 radical (unpaired) electrons. The van der Waals surface area contributed by atoms with Crippen LogP contribution >= 0.6 is 0 Å². The number of non-ortho nitro benzene ring substituents is 1. The topological polar surface area (TPSA) is 83.8 Å². The summed E-state index contributed by atoms with van der Waals surface area (Å²) in [6, 6.07) is 4.62. The number of nitrogens with zero attached hydrogens (tertiary/aromatic N) is 2. The lowest BCUT2D eigenvalue weighted by molar-refractivity contribution is -0.384. The van der Waals surface area contributed by atoms with Gasteiger partial charge in [-0.2, -0.15) is 0 Å². The molecule has 0 amide bonds. The number of rotatable bonds is 5. The first-order valence-electron chi connectivity index (χ1n) is 6.67. The van der Waals surface area contributed by atoms with Crippen LogP contribution in [0, 0.1) is 21.4 Å². The minimum atomic E-state index is -0.407. The molecule has 6 heteroatoms. The number of hydrogen-bond acceptors (Lipinski definition) is 4. The van der Waals surface area contributed by atoms with Crippen LogP contribution in [0.2, 0.25) is 0 Å². The summed E-state index contributed by atoms with van der Waals surface area (Å²) < 4.78 is 0. The SMILES string of the molecule is CC(C)C(C)(C)CNc1nc2ccc([N+](=O)[O-])cc2[nH]1. The van der Waals surface area contributed by atoms with Crippen LogP contribution in [0.25, 0.3) is 11.0 Å². The highest BCUT2D eigenvalue weighted by molar-refractivity contribution is 5.79. The van der Waals surface area contributed by atoms with Gasteiger partial charge >= 0.3 is 0 Å². The van der Waals surface area contributed by atoms with Crippen molar-refractivity contribution in [3.63, 3.8) is 0 Å². The first kappa shape index (κ1) is 14.3. The number of aromatic amines is 1. The van der Waals surface area contributed by atoms with Crippen molar-refractivity contribution in [3.8, 4) is 0 Å². The molecule has 0 aliphatic carbocycles. The Bertz CT molecular complexity index is 631. The molecular formula is C14H20N4O2. The van der Waals surface area contributed by atoms with Crippen molar-refractivity contribution in [2.45, 2.75) is 27.7 Å². The third-order valence-corrected chi connectivity index (χ3v) is 3.95. The van der Waals surface area contributed by atoms with Gasteiger partial charge in [0, 0.05) is 18.7 Å². The molecule has 108 valence electrons. The Labute approximate surface area is 117 Å². The Morgan fingerprint density at radius 1 is 1.45 bits per heavy atom. The fraction of sp³-hybridized carbons (Fsp3) is 0.500. The summed E-state index contributed by atoms with van der Waals surface area (Å²) in [4.78, 5) is 17.8. The van der Waals surface area contributed by atoms with E-state index in [1.807, 2.05) is 0 Å². The molecule has 2 N–H and O–H groups in total. The quantitative estimate of drug-likeness (QED) is 0.646. The number of nitro benzene ring substituents is 1. The normalized spacial score (nSPS) is 12.1. The molecule has 0 saturated carbocycles. The Morgan fingerprint density at radius 3 is 2.75 bits per heavy atom. The number of H-pyrrole nitrogens is 1. The van der Waals surface area contributed by atoms with Crippen molar-refractivity contribution >= 4 is 22.7 Å². The lowest BCUT2D eigenvalue weighted by Crippen LogP contribution is -2.28. The Hall–Kier alpha value is -2.11. The molecule has 0 spiro atoms. The van der Waals surface area contributed by atoms with Crippen LogP contribution in [0.4, 0.5) is 11.6 Å². The summed E-state index contributed by atoms with van der Waals surface area (Å²) in [7, 11) is 0. The maximum absolute atomic E-state index is 10.7. The van der Waals surface area contributed by atoms with Gasteiger partial charge in [0.2, 0.25) is 5.95 Å². The highest BCUT2D eigenvalue weighted by atomic mass is 16.6. The number of fused-ring (bicyclic) bond motifs is 1. The molecule has 1 heterocycles. The van der Waals surface area contributed by atoms with E-state index in [4.69, 9.17) is 0 Å². The molecule has 0 saturated heterocycles. The number of nitro groups is 1. The van der Waals surface area contributed by atoms with Gasteiger partial charge in [-0.15, -0.1) is 0 Å². The Morgan fingerprint density at radius 2 is 2.15 bits per heavy atom. The van der Waals surface area contributed by atoms with E-state index in [0.29, 0.717) is 17.4 Å². The van der Waals surface area contributed by atoms with Crippen molar-refractivity contribution in [1.29, 1.82) is 0 Å². The summed E-state index contributed by atoms with van der Waals surface area (Å²) in [6.45, 7) is 9.54. The zero-order valence-electron chi connectivity index (χ0n) is 12.2. The van der Waals surface area contributed by atoms with Gasteiger partial charge in [0.25, 0.3) is 5.69 Å². The van der Waals surface area contributed by atoms with Gasteiger partial charge in [-0.05, 0) is 17.4 Å². The van der Waals surface area contributed by atoms with E-state index in [9.17, 15) is 10.1 Å². The predicted octanol–water partition coefficient (Wildman–Crippen LogP) is 3.57. The summed E-state index contributed by atoms with van der Waals surface area (Å²) in [5, 5.41) is 14.0. The van der Waals surface area contributed by atoms with Crippen LogP contribution in [0.15, 0.2) is 18.2 Å². The van der Waals surface area contributed by atoms with Crippen LogP contribution in [0.5, 0.6) is 0 Å². The fourth-order valence-electron chi connectivity index (χ4n) is 1.71. The van der Waals surface area contributed by atoms with Gasteiger partial charge in [-0.25, -0.2) is 4.98 Å². The van der Waals surface area contributed by atoms with Gasteiger partial charge in [0.1, 0.15) is 0 Å². The molecule has 0 fully saturated rings.